The molecule has 0 spiro atoms. The van der Waals surface area contributed by atoms with Crippen molar-refractivity contribution < 1.29 is 9.53 Å². The molecule has 0 unspecified atom stereocenters. The van der Waals surface area contributed by atoms with Crippen LogP contribution in [0, 0.1) is 5.92 Å². The van der Waals surface area contributed by atoms with Crippen LogP contribution in [-0.4, -0.2) is 30.0 Å². The molecule has 1 atom stereocenters. The lowest BCUT2D eigenvalue weighted by Crippen LogP contribution is -2.29. The Kier molecular flexibility index (Phi) is 4.26. The first-order valence-corrected chi connectivity index (χ1v) is 6.34. The molecule has 4 heteroatoms. The maximum Gasteiger partial charge on any atom is 0.410 e. The van der Waals surface area contributed by atoms with Crippen LogP contribution in [0.3, 0.4) is 0 Å². The van der Waals surface area contributed by atoms with Gasteiger partial charge in [-0.05, 0) is 17.9 Å². The van der Waals surface area contributed by atoms with Crippen LogP contribution in [0.1, 0.15) is 12.0 Å². The molecule has 1 amide bonds. The quantitative estimate of drug-likeness (QED) is 0.776. The van der Waals surface area contributed by atoms with Crippen molar-refractivity contribution in [1.82, 2.24) is 4.90 Å². The number of carbonyl (C=O) groups is 1. The van der Waals surface area contributed by atoms with Crippen LogP contribution in [-0.2, 0) is 11.3 Å². The van der Waals surface area contributed by atoms with Crippen LogP contribution in [0.15, 0.2) is 30.3 Å². The third kappa shape index (κ3) is 3.37. The lowest BCUT2D eigenvalue weighted by atomic mass is 10.2. The first-order chi connectivity index (χ1) is 8.29. The number of rotatable bonds is 3. The van der Waals surface area contributed by atoms with Gasteiger partial charge in [0, 0.05) is 19.0 Å². The Morgan fingerprint density at radius 2 is 2.18 bits per heavy atom. The number of halogens is 1. The molecule has 17 heavy (non-hydrogen) atoms. The highest BCUT2D eigenvalue weighted by atomic mass is 35.5. The summed E-state index contributed by atoms with van der Waals surface area (Å²) in [6.07, 6.45) is 0.741. The second-order valence-electron chi connectivity index (χ2n) is 4.30. The molecular formula is C13H16ClNO2. The van der Waals surface area contributed by atoms with Crippen LogP contribution in [0.2, 0.25) is 0 Å². The van der Waals surface area contributed by atoms with Crippen LogP contribution in [0.5, 0.6) is 0 Å². The summed E-state index contributed by atoms with van der Waals surface area (Å²) in [6, 6.07) is 9.69. The van der Waals surface area contributed by atoms with Crippen molar-refractivity contribution in [3.05, 3.63) is 35.9 Å². The third-order valence-corrected chi connectivity index (χ3v) is 3.40. The van der Waals surface area contributed by atoms with Crippen molar-refractivity contribution >= 4 is 17.7 Å². The van der Waals surface area contributed by atoms with Crippen LogP contribution in [0.4, 0.5) is 4.79 Å². The fourth-order valence-corrected chi connectivity index (χ4v) is 2.19. The van der Waals surface area contributed by atoms with Gasteiger partial charge in [0.15, 0.2) is 0 Å². The van der Waals surface area contributed by atoms with Crippen molar-refractivity contribution in [3.8, 4) is 0 Å². The molecule has 1 heterocycles. The van der Waals surface area contributed by atoms with Gasteiger partial charge in [0.1, 0.15) is 6.61 Å². The van der Waals surface area contributed by atoms with E-state index >= 15 is 0 Å². The summed E-state index contributed by atoms with van der Waals surface area (Å²) < 4.78 is 5.25. The molecule has 1 aliphatic heterocycles. The first kappa shape index (κ1) is 12.2. The summed E-state index contributed by atoms with van der Waals surface area (Å²) >= 11 is 5.77. The number of hydrogen-bond donors (Lipinski definition) is 0. The van der Waals surface area contributed by atoms with E-state index in [2.05, 4.69) is 0 Å². The Balaban J connectivity index is 1.78. The molecule has 0 bridgehead atoms. The highest BCUT2D eigenvalue weighted by Gasteiger charge is 2.26. The van der Waals surface area contributed by atoms with Gasteiger partial charge in [-0.25, -0.2) is 4.79 Å². The van der Waals surface area contributed by atoms with Gasteiger partial charge in [0.05, 0.1) is 0 Å². The Morgan fingerprint density at radius 1 is 1.41 bits per heavy atom. The predicted molar refractivity (Wildman–Crippen MR) is 67.0 cm³/mol. The van der Waals surface area contributed by atoms with Gasteiger partial charge in [-0.3, -0.25) is 0 Å². The monoisotopic (exact) mass is 253 g/mol. The Morgan fingerprint density at radius 3 is 2.82 bits per heavy atom. The number of benzene rings is 1. The number of amides is 1. The zero-order valence-corrected chi connectivity index (χ0v) is 10.4. The summed E-state index contributed by atoms with van der Waals surface area (Å²) in [5.41, 5.74) is 1.01. The summed E-state index contributed by atoms with van der Waals surface area (Å²) in [5, 5.41) is 0. The molecule has 0 radical (unpaired) electrons. The number of hydrogen-bond acceptors (Lipinski definition) is 2. The lowest BCUT2D eigenvalue weighted by Gasteiger charge is -2.15. The third-order valence-electron chi connectivity index (χ3n) is 2.97. The summed E-state index contributed by atoms with van der Waals surface area (Å²) in [5.74, 6) is 1.03. The average Bonchev–Trinajstić information content (AvgIpc) is 2.86. The molecule has 1 saturated heterocycles. The molecule has 1 aromatic carbocycles. The number of carbonyl (C=O) groups excluding carboxylic acids is 1. The molecule has 0 aromatic heterocycles. The standard InChI is InChI=1S/C13H16ClNO2/c14-8-12-6-7-15(9-12)13(16)17-10-11-4-2-1-3-5-11/h1-5,12H,6-10H2/t12-/m1/s1. The molecule has 1 aliphatic rings. The Hall–Kier alpha value is -1.22. The Labute approximate surface area is 106 Å². The molecule has 0 aliphatic carbocycles. The topological polar surface area (TPSA) is 29.5 Å². The van der Waals surface area contributed by atoms with Gasteiger partial charge in [0.25, 0.3) is 0 Å². The van der Waals surface area contributed by atoms with Crippen LogP contribution in [0.25, 0.3) is 0 Å². The van der Waals surface area contributed by atoms with E-state index in [9.17, 15) is 4.79 Å². The molecule has 0 saturated carbocycles. The van der Waals surface area contributed by atoms with Crippen molar-refractivity contribution in [1.29, 1.82) is 0 Å². The zero-order valence-electron chi connectivity index (χ0n) is 9.64. The number of nitrogens with zero attached hydrogens (tertiary/aromatic N) is 1. The van der Waals surface area contributed by atoms with Crippen molar-refractivity contribution in [3.63, 3.8) is 0 Å². The summed E-state index contributed by atoms with van der Waals surface area (Å²) in [6.45, 7) is 1.81. The normalized spacial score (nSPS) is 19.4. The number of alkyl halides is 1. The second kappa shape index (κ2) is 5.92. The van der Waals surface area contributed by atoms with Crippen molar-refractivity contribution in [2.75, 3.05) is 19.0 Å². The molecule has 1 aromatic rings. The summed E-state index contributed by atoms with van der Waals surface area (Å²) in [4.78, 5) is 13.5. The molecular weight excluding hydrogens is 238 g/mol. The lowest BCUT2D eigenvalue weighted by molar-refractivity contribution is 0.103. The zero-order chi connectivity index (χ0) is 12.1. The highest BCUT2D eigenvalue weighted by molar-refractivity contribution is 6.18. The minimum atomic E-state index is -0.235. The van der Waals surface area contributed by atoms with E-state index in [4.69, 9.17) is 16.3 Å². The van der Waals surface area contributed by atoms with Gasteiger partial charge in [0.2, 0.25) is 0 Å². The van der Waals surface area contributed by atoms with E-state index in [1.54, 1.807) is 4.90 Å². The predicted octanol–water partition coefficient (Wildman–Crippen LogP) is 2.88. The second-order valence-corrected chi connectivity index (χ2v) is 4.60. The largest absolute Gasteiger partial charge is 0.445 e. The number of ether oxygens (including phenoxy) is 1. The SMILES string of the molecule is O=C(OCc1ccccc1)N1CC[C@H](CCl)C1. The molecule has 0 N–H and O–H groups in total. The van der Waals surface area contributed by atoms with Crippen LogP contribution < -0.4 is 0 Å². The first-order valence-electron chi connectivity index (χ1n) is 5.81. The fourth-order valence-electron chi connectivity index (χ4n) is 1.94. The smallest absolute Gasteiger partial charge is 0.410 e. The van der Waals surface area contributed by atoms with E-state index < -0.39 is 0 Å². The van der Waals surface area contributed by atoms with E-state index in [-0.39, 0.29) is 6.09 Å². The Bertz CT molecular complexity index is 369. The van der Waals surface area contributed by atoms with E-state index in [1.807, 2.05) is 30.3 Å². The van der Waals surface area contributed by atoms with Crippen LogP contribution >= 0.6 is 11.6 Å². The minimum absolute atomic E-state index is 0.235. The van der Waals surface area contributed by atoms with Crippen molar-refractivity contribution in [2.45, 2.75) is 13.0 Å². The maximum absolute atomic E-state index is 11.7. The number of likely N-dealkylation sites (tertiary alicyclic amines) is 1. The highest BCUT2D eigenvalue weighted by Crippen LogP contribution is 2.18. The minimum Gasteiger partial charge on any atom is -0.445 e. The molecule has 3 nitrogen and oxygen atoms in total. The fraction of sp³-hybridized carbons (Fsp3) is 0.462. The van der Waals surface area contributed by atoms with Gasteiger partial charge >= 0.3 is 6.09 Å². The molecule has 92 valence electrons. The summed E-state index contributed by atoms with van der Waals surface area (Å²) in [7, 11) is 0. The van der Waals surface area contributed by atoms with Gasteiger partial charge in [-0.1, -0.05) is 30.3 Å². The van der Waals surface area contributed by atoms with Gasteiger partial charge < -0.3 is 9.64 Å². The molecule has 2 rings (SSSR count). The van der Waals surface area contributed by atoms with Crippen molar-refractivity contribution in [2.24, 2.45) is 5.92 Å². The molecule has 1 fully saturated rings. The maximum atomic E-state index is 11.7. The van der Waals surface area contributed by atoms with E-state index in [1.165, 1.54) is 0 Å². The van der Waals surface area contributed by atoms with E-state index in [0.29, 0.717) is 18.4 Å². The van der Waals surface area contributed by atoms with Gasteiger partial charge in [-0.2, -0.15) is 0 Å². The van der Waals surface area contributed by atoms with E-state index in [0.717, 1.165) is 25.1 Å². The van der Waals surface area contributed by atoms with Gasteiger partial charge in [-0.15, -0.1) is 11.6 Å². The average molecular weight is 254 g/mol.